The van der Waals surface area contributed by atoms with E-state index in [4.69, 9.17) is 18.0 Å². The molecule has 2 nitrogen and oxygen atoms in total. The third kappa shape index (κ3) is 2.52. The van der Waals surface area contributed by atoms with Gasteiger partial charge in [-0.2, -0.15) is 0 Å². The van der Waals surface area contributed by atoms with E-state index in [0.29, 0.717) is 5.11 Å². The molecule has 0 fully saturated rings. The van der Waals surface area contributed by atoms with Gasteiger partial charge in [-0.25, -0.2) is 0 Å². The molecule has 0 rings (SSSR count). The summed E-state index contributed by atoms with van der Waals surface area (Å²) >= 11 is 4.87. The third-order valence-corrected chi connectivity index (χ3v) is 1.61. The van der Waals surface area contributed by atoms with Crippen molar-refractivity contribution >= 4 is 17.3 Å². The molecular weight excluding hydrogens is 144 g/mol. The van der Waals surface area contributed by atoms with Crippen LogP contribution < -0.4 is 5.73 Å². The van der Waals surface area contributed by atoms with Crippen LogP contribution in [0.3, 0.4) is 0 Å². The summed E-state index contributed by atoms with van der Waals surface area (Å²) in [6, 6.07) is 0. The zero-order valence-corrected chi connectivity index (χ0v) is 7.96. The fourth-order valence-electron chi connectivity index (χ4n) is 0.961. The SMILES string of the molecule is CCN(C(N)=S)C(C)(C)C. The van der Waals surface area contributed by atoms with E-state index < -0.39 is 0 Å². The first kappa shape index (κ1) is 9.69. The van der Waals surface area contributed by atoms with Crippen LogP contribution in [0.5, 0.6) is 0 Å². The number of hydrogen-bond donors (Lipinski definition) is 1. The lowest BCUT2D eigenvalue weighted by Crippen LogP contribution is -2.47. The Hall–Kier alpha value is -0.310. The molecule has 0 saturated carbocycles. The summed E-state index contributed by atoms with van der Waals surface area (Å²) in [5.74, 6) is 0. The molecule has 0 heterocycles. The number of rotatable bonds is 1. The smallest absolute Gasteiger partial charge is 0.166 e. The van der Waals surface area contributed by atoms with E-state index in [1.807, 2.05) is 11.8 Å². The Bertz CT molecular complexity index is 126. The van der Waals surface area contributed by atoms with Crippen molar-refractivity contribution in [2.45, 2.75) is 33.2 Å². The molecule has 0 bridgehead atoms. The lowest BCUT2D eigenvalue weighted by atomic mass is 10.1. The Morgan fingerprint density at radius 2 is 1.90 bits per heavy atom. The lowest BCUT2D eigenvalue weighted by Gasteiger charge is -2.35. The van der Waals surface area contributed by atoms with Crippen LogP contribution in [0.4, 0.5) is 0 Å². The molecule has 2 N–H and O–H groups in total. The van der Waals surface area contributed by atoms with Gasteiger partial charge in [-0.05, 0) is 39.9 Å². The normalized spacial score (nSPS) is 11.2. The second-order valence-corrected chi connectivity index (χ2v) is 3.67. The minimum atomic E-state index is 0.0561. The van der Waals surface area contributed by atoms with Crippen LogP contribution in [0.2, 0.25) is 0 Å². The van der Waals surface area contributed by atoms with Crippen molar-refractivity contribution < 1.29 is 0 Å². The molecule has 0 atom stereocenters. The molecule has 0 saturated heterocycles. The maximum Gasteiger partial charge on any atom is 0.166 e. The fourth-order valence-corrected chi connectivity index (χ4v) is 1.36. The molecule has 0 amide bonds. The van der Waals surface area contributed by atoms with Gasteiger partial charge >= 0.3 is 0 Å². The highest BCUT2D eigenvalue weighted by Crippen LogP contribution is 2.11. The second kappa shape index (κ2) is 3.19. The Morgan fingerprint density at radius 3 is 1.90 bits per heavy atom. The van der Waals surface area contributed by atoms with Crippen molar-refractivity contribution in [3.8, 4) is 0 Å². The van der Waals surface area contributed by atoms with Crippen molar-refractivity contribution in [1.29, 1.82) is 0 Å². The van der Waals surface area contributed by atoms with Gasteiger partial charge < -0.3 is 10.6 Å². The van der Waals surface area contributed by atoms with E-state index in [-0.39, 0.29) is 5.54 Å². The fraction of sp³-hybridized carbons (Fsp3) is 0.857. The summed E-state index contributed by atoms with van der Waals surface area (Å²) in [5.41, 5.74) is 5.55. The van der Waals surface area contributed by atoms with Crippen LogP contribution in [0, 0.1) is 0 Å². The largest absolute Gasteiger partial charge is 0.376 e. The summed E-state index contributed by atoms with van der Waals surface area (Å²) in [5, 5.41) is 0.481. The number of nitrogens with two attached hydrogens (primary N) is 1. The van der Waals surface area contributed by atoms with Gasteiger partial charge in [-0.15, -0.1) is 0 Å². The van der Waals surface area contributed by atoms with E-state index in [2.05, 4.69) is 20.8 Å². The molecule has 0 aromatic heterocycles. The van der Waals surface area contributed by atoms with Gasteiger partial charge in [0.05, 0.1) is 0 Å². The molecule has 0 spiro atoms. The summed E-state index contributed by atoms with van der Waals surface area (Å²) in [4.78, 5) is 1.99. The van der Waals surface area contributed by atoms with E-state index in [1.165, 1.54) is 0 Å². The molecule has 0 aliphatic rings. The van der Waals surface area contributed by atoms with Crippen molar-refractivity contribution in [1.82, 2.24) is 4.90 Å². The Morgan fingerprint density at radius 1 is 1.50 bits per heavy atom. The van der Waals surface area contributed by atoms with Gasteiger partial charge in [0, 0.05) is 12.1 Å². The monoisotopic (exact) mass is 160 g/mol. The maximum atomic E-state index is 5.49. The topological polar surface area (TPSA) is 29.3 Å². The molecular formula is C7H16N2S. The van der Waals surface area contributed by atoms with E-state index in [9.17, 15) is 0 Å². The lowest BCUT2D eigenvalue weighted by molar-refractivity contribution is 0.249. The summed E-state index contributed by atoms with van der Waals surface area (Å²) in [7, 11) is 0. The Labute approximate surface area is 68.4 Å². The van der Waals surface area contributed by atoms with Crippen molar-refractivity contribution in [3.05, 3.63) is 0 Å². The highest BCUT2D eigenvalue weighted by atomic mass is 32.1. The van der Waals surface area contributed by atoms with Gasteiger partial charge in [-0.3, -0.25) is 0 Å². The third-order valence-electron chi connectivity index (χ3n) is 1.39. The van der Waals surface area contributed by atoms with Gasteiger partial charge in [-0.1, -0.05) is 0 Å². The van der Waals surface area contributed by atoms with Crippen LogP contribution in [0.1, 0.15) is 27.7 Å². The van der Waals surface area contributed by atoms with Crippen molar-refractivity contribution in [2.24, 2.45) is 5.73 Å². The first-order valence-corrected chi connectivity index (χ1v) is 3.87. The molecule has 0 unspecified atom stereocenters. The quantitative estimate of drug-likeness (QED) is 0.587. The molecule has 10 heavy (non-hydrogen) atoms. The Balaban J connectivity index is 4.22. The molecule has 0 aliphatic carbocycles. The molecule has 0 aliphatic heterocycles. The van der Waals surface area contributed by atoms with Gasteiger partial charge in [0.25, 0.3) is 0 Å². The Kier molecular flexibility index (Phi) is 3.09. The van der Waals surface area contributed by atoms with Crippen LogP contribution >= 0.6 is 12.2 Å². The van der Waals surface area contributed by atoms with Crippen LogP contribution in [0.15, 0.2) is 0 Å². The second-order valence-electron chi connectivity index (χ2n) is 3.25. The molecule has 0 aromatic carbocycles. The predicted molar refractivity (Wildman–Crippen MR) is 48.9 cm³/mol. The zero-order valence-electron chi connectivity index (χ0n) is 7.14. The molecule has 60 valence electrons. The number of hydrogen-bond acceptors (Lipinski definition) is 1. The summed E-state index contributed by atoms with van der Waals surface area (Å²) < 4.78 is 0. The van der Waals surface area contributed by atoms with Crippen molar-refractivity contribution in [3.63, 3.8) is 0 Å². The first-order chi connectivity index (χ1) is 4.39. The highest BCUT2D eigenvalue weighted by molar-refractivity contribution is 7.80. The summed E-state index contributed by atoms with van der Waals surface area (Å²) in [6.45, 7) is 9.20. The van der Waals surface area contributed by atoms with E-state index >= 15 is 0 Å². The number of nitrogens with zero attached hydrogens (tertiary/aromatic N) is 1. The van der Waals surface area contributed by atoms with Crippen LogP contribution in [0.25, 0.3) is 0 Å². The minimum absolute atomic E-state index is 0.0561. The average molecular weight is 160 g/mol. The van der Waals surface area contributed by atoms with Crippen LogP contribution in [-0.2, 0) is 0 Å². The molecule has 0 radical (unpaired) electrons. The predicted octanol–water partition coefficient (Wildman–Crippen LogP) is 1.35. The zero-order chi connectivity index (χ0) is 8.36. The first-order valence-electron chi connectivity index (χ1n) is 3.46. The van der Waals surface area contributed by atoms with Gasteiger partial charge in [0.2, 0.25) is 0 Å². The highest BCUT2D eigenvalue weighted by Gasteiger charge is 2.19. The van der Waals surface area contributed by atoms with Gasteiger partial charge in [0.15, 0.2) is 5.11 Å². The standard InChI is InChI=1S/C7H16N2S/c1-5-9(6(8)10)7(2,3)4/h5H2,1-4H3,(H2,8,10). The summed E-state index contributed by atoms with van der Waals surface area (Å²) in [6.07, 6.45) is 0. The van der Waals surface area contributed by atoms with Crippen molar-refractivity contribution in [2.75, 3.05) is 6.54 Å². The van der Waals surface area contributed by atoms with E-state index in [1.54, 1.807) is 0 Å². The van der Waals surface area contributed by atoms with E-state index in [0.717, 1.165) is 6.54 Å². The molecule has 3 heteroatoms. The minimum Gasteiger partial charge on any atom is -0.376 e. The maximum absolute atomic E-state index is 5.49. The molecule has 0 aromatic rings. The average Bonchev–Trinajstić information content (AvgIpc) is 1.60. The van der Waals surface area contributed by atoms with Crippen LogP contribution in [-0.4, -0.2) is 22.1 Å². The van der Waals surface area contributed by atoms with Gasteiger partial charge in [0.1, 0.15) is 0 Å². The number of thiocarbonyl (C=S) groups is 1.